The molecule has 0 saturated carbocycles. The number of hydrogen-bond donors (Lipinski definition) is 2. The summed E-state index contributed by atoms with van der Waals surface area (Å²) in [5.74, 6) is 0.0112. The molecule has 0 aromatic heterocycles. The molecule has 0 fully saturated rings. The minimum atomic E-state index is -0.181. The number of phenols is 1. The number of fused-ring (bicyclic) bond motifs is 1. The third-order valence-corrected chi connectivity index (χ3v) is 4.95. The van der Waals surface area contributed by atoms with Crippen molar-refractivity contribution in [3.8, 4) is 16.9 Å². The Balaban J connectivity index is 1.78. The highest BCUT2D eigenvalue weighted by atomic mass is 79.9. The van der Waals surface area contributed by atoms with Crippen LogP contribution in [0.2, 0.25) is 0 Å². The van der Waals surface area contributed by atoms with Gasteiger partial charge < -0.3 is 10.4 Å². The van der Waals surface area contributed by atoms with Crippen molar-refractivity contribution >= 4 is 38.3 Å². The van der Waals surface area contributed by atoms with E-state index in [0.29, 0.717) is 11.3 Å². The fourth-order valence-corrected chi connectivity index (χ4v) is 3.40. The number of anilines is 1. The Labute approximate surface area is 165 Å². The van der Waals surface area contributed by atoms with Crippen molar-refractivity contribution in [3.63, 3.8) is 0 Å². The molecule has 4 rings (SSSR count). The molecular formula is C23H16BrNO2. The van der Waals surface area contributed by atoms with Gasteiger partial charge in [0.2, 0.25) is 0 Å². The summed E-state index contributed by atoms with van der Waals surface area (Å²) in [5, 5.41) is 15.1. The van der Waals surface area contributed by atoms with Crippen LogP contribution in [-0.4, -0.2) is 11.0 Å². The smallest absolute Gasteiger partial charge is 0.255 e. The van der Waals surface area contributed by atoms with Gasteiger partial charge in [-0.3, -0.25) is 4.79 Å². The van der Waals surface area contributed by atoms with E-state index < -0.39 is 0 Å². The summed E-state index contributed by atoms with van der Waals surface area (Å²) in [7, 11) is 0. The average Bonchev–Trinajstić information content (AvgIpc) is 2.68. The van der Waals surface area contributed by atoms with Crippen LogP contribution in [0.5, 0.6) is 5.75 Å². The lowest BCUT2D eigenvalue weighted by Gasteiger charge is -2.14. The van der Waals surface area contributed by atoms with Gasteiger partial charge in [0.25, 0.3) is 5.91 Å². The first-order valence-electron chi connectivity index (χ1n) is 8.50. The molecule has 2 N–H and O–H groups in total. The first kappa shape index (κ1) is 17.3. The summed E-state index contributed by atoms with van der Waals surface area (Å²) < 4.78 is 0.922. The highest BCUT2D eigenvalue weighted by molar-refractivity contribution is 9.10. The van der Waals surface area contributed by atoms with E-state index in [4.69, 9.17) is 0 Å². The van der Waals surface area contributed by atoms with Crippen LogP contribution in [0.3, 0.4) is 0 Å². The topological polar surface area (TPSA) is 49.3 Å². The second kappa shape index (κ2) is 7.25. The summed E-state index contributed by atoms with van der Waals surface area (Å²) in [6.07, 6.45) is 0. The molecule has 0 aliphatic carbocycles. The number of carbonyl (C=O) groups excluding carboxylic acids is 1. The zero-order valence-electron chi connectivity index (χ0n) is 14.3. The summed E-state index contributed by atoms with van der Waals surface area (Å²) >= 11 is 3.38. The predicted molar refractivity (Wildman–Crippen MR) is 113 cm³/mol. The number of hydrogen-bond acceptors (Lipinski definition) is 2. The molecule has 4 heteroatoms. The predicted octanol–water partition coefficient (Wildman–Crippen LogP) is 6.23. The molecule has 0 saturated heterocycles. The molecule has 1 amide bonds. The van der Waals surface area contributed by atoms with Crippen LogP contribution in [0, 0.1) is 0 Å². The number of phenolic OH excluding ortho intramolecular Hbond substituents is 1. The van der Waals surface area contributed by atoms with Crippen LogP contribution in [0.1, 0.15) is 10.4 Å². The third kappa shape index (κ3) is 3.57. The van der Waals surface area contributed by atoms with E-state index in [2.05, 4.69) is 21.2 Å². The Bertz CT molecular complexity index is 1140. The van der Waals surface area contributed by atoms with Crippen LogP contribution in [-0.2, 0) is 0 Å². The maximum absolute atomic E-state index is 12.7. The fraction of sp³-hybridized carbons (Fsp3) is 0. The second-order valence-corrected chi connectivity index (χ2v) is 7.14. The first-order valence-corrected chi connectivity index (χ1v) is 9.29. The van der Waals surface area contributed by atoms with Crippen molar-refractivity contribution in [2.75, 3.05) is 5.32 Å². The second-order valence-electron chi connectivity index (χ2n) is 6.22. The Morgan fingerprint density at radius 1 is 0.815 bits per heavy atom. The molecule has 132 valence electrons. The maximum atomic E-state index is 12.7. The minimum absolute atomic E-state index is 0.181. The van der Waals surface area contributed by atoms with Crippen molar-refractivity contribution in [1.29, 1.82) is 0 Å². The molecule has 0 atom stereocenters. The molecule has 0 aliphatic rings. The van der Waals surface area contributed by atoms with E-state index in [1.807, 2.05) is 60.7 Å². The van der Waals surface area contributed by atoms with Crippen molar-refractivity contribution in [1.82, 2.24) is 0 Å². The number of amides is 1. The van der Waals surface area contributed by atoms with Crippen molar-refractivity contribution in [3.05, 3.63) is 95.0 Å². The Morgan fingerprint density at radius 3 is 2.33 bits per heavy atom. The number of rotatable bonds is 3. The molecule has 0 unspecified atom stereocenters. The van der Waals surface area contributed by atoms with Gasteiger partial charge in [0, 0.05) is 21.3 Å². The van der Waals surface area contributed by atoms with E-state index in [-0.39, 0.29) is 11.7 Å². The van der Waals surface area contributed by atoms with Crippen LogP contribution >= 0.6 is 15.9 Å². The third-order valence-electron chi connectivity index (χ3n) is 4.42. The van der Waals surface area contributed by atoms with Gasteiger partial charge in [0.15, 0.2) is 0 Å². The molecular weight excluding hydrogens is 402 g/mol. The SMILES string of the molecule is O=C(Nc1ccccc1-c1cc(O)cc2ccccc12)c1ccc(Br)cc1. The highest BCUT2D eigenvalue weighted by Crippen LogP contribution is 2.36. The quantitative estimate of drug-likeness (QED) is 0.415. The number of benzene rings is 4. The van der Waals surface area contributed by atoms with Gasteiger partial charge in [-0.25, -0.2) is 0 Å². The summed E-state index contributed by atoms with van der Waals surface area (Å²) in [6.45, 7) is 0. The first-order chi connectivity index (χ1) is 13.1. The fourth-order valence-electron chi connectivity index (χ4n) is 3.14. The van der Waals surface area contributed by atoms with Crippen molar-refractivity contribution in [2.24, 2.45) is 0 Å². The lowest BCUT2D eigenvalue weighted by molar-refractivity contribution is 0.102. The Hall–Kier alpha value is -3.11. The number of carbonyl (C=O) groups is 1. The van der Waals surface area contributed by atoms with Crippen molar-refractivity contribution in [2.45, 2.75) is 0 Å². The van der Waals surface area contributed by atoms with Crippen molar-refractivity contribution < 1.29 is 9.90 Å². The Morgan fingerprint density at radius 2 is 1.52 bits per heavy atom. The molecule has 0 heterocycles. The van der Waals surface area contributed by atoms with E-state index in [1.165, 1.54) is 0 Å². The minimum Gasteiger partial charge on any atom is -0.508 e. The Kier molecular flexibility index (Phi) is 4.65. The molecule has 3 nitrogen and oxygen atoms in total. The van der Waals surface area contributed by atoms with Crippen LogP contribution in [0.15, 0.2) is 89.4 Å². The van der Waals surface area contributed by atoms with E-state index in [9.17, 15) is 9.90 Å². The number of aromatic hydroxyl groups is 1. The molecule has 0 bridgehead atoms. The van der Waals surface area contributed by atoms with Crippen LogP contribution in [0.4, 0.5) is 5.69 Å². The monoisotopic (exact) mass is 417 g/mol. The molecule has 0 spiro atoms. The zero-order chi connectivity index (χ0) is 18.8. The molecule has 0 aliphatic heterocycles. The highest BCUT2D eigenvalue weighted by Gasteiger charge is 2.13. The average molecular weight is 418 g/mol. The van der Waals surface area contributed by atoms with Gasteiger partial charge in [-0.1, -0.05) is 58.4 Å². The van der Waals surface area contributed by atoms with Gasteiger partial charge in [-0.2, -0.15) is 0 Å². The largest absolute Gasteiger partial charge is 0.508 e. The van der Waals surface area contributed by atoms with Gasteiger partial charge in [0.05, 0.1) is 0 Å². The summed E-state index contributed by atoms with van der Waals surface area (Å²) in [4.78, 5) is 12.7. The normalized spacial score (nSPS) is 10.7. The summed E-state index contributed by atoms with van der Waals surface area (Å²) in [6, 6.07) is 26.2. The number of para-hydroxylation sites is 1. The van der Waals surface area contributed by atoms with Gasteiger partial charge in [0.1, 0.15) is 5.75 Å². The molecule has 0 radical (unpaired) electrons. The zero-order valence-corrected chi connectivity index (χ0v) is 15.9. The molecule has 4 aromatic rings. The van der Waals surface area contributed by atoms with Crippen LogP contribution in [0.25, 0.3) is 21.9 Å². The van der Waals surface area contributed by atoms with Gasteiger partial charge in [-0.15, -0.1) is 0 Å². The maximum Gasteiger partial charge on any atom is 0.255 e. The number of nitrogens with one attached hydrogen (secondary N) is 1. The van der Waals surface area contributed by atoms with Gasteiger partial charge in [-0.05, 0) is 58.8 Å². The van der Waals surface area contributed by atoms with E-state index in [0.717, 1.165) is 26.4 Å². The lowest BCUT2D eigenvalue weighted by atomic mass is 9.96. The standard InChI is InChI=1S/C23H16BrNO2/c24-17-11-9-15(10-12-17)23(27)25-22-8-4-3-7-20(22)21-14-18(26)13-16-5-1-2-6-19(16)21/h1-14,26H,(H,25,27). The van der Waals surface area contributed by atoms with E-state index in [1.54, 1.807) is 24.3 Å². The lowest BCUT2D eigenvalue weighted by Crippen LogP contribution is -2.12. The summed E-state index contributed by atoms with van der Waals surface area (Å²) in [5.41, 5.74) is 3.00. The number of halogens is 1. The van der Waals surface area contributed by atoms with Crippen LogP contribution < -0.4 is 5.32 Å². The van der Waals surface area contributed by atoms with E-state index >= 15 is 0 Å². The molecule has 27 heavy (non-hydrogen) atoms. The molecule has 4 aromatic carbocycles. The van der Waals surface area contributed by atoms with Gasteiger partial charge >= 0.3 is 0 Å².